The van der Waals surface area contributed by atoms with Crippen molar-refractivity contribution in [3.63, 3.8) is 0 Å². The van der Waals surface area contributed by atoms with Crippen LogP contribution in [0.15, 0.2) is 59.6 Å². The van der Waals surface area contributed by atoms with E-state index in [1.54, 1.807) is 18.2 Å². The molecule has 0 atom stereocenters. The highest BCUT2D eigenvalue weighted by atomic mass is 32.2. The number of benzene rings is 2. The number of thiazole rings is 1. The maximum Gasteiger partial charge on any atom is 0.327 e. The van der Waals surface area contributed by atoms with E-state index >= 15 is 0 Å². The second-order valence-electron chi connectivity index (χ2n) is 7.14. The van der Waals surface area contributed by atoms with Crippen molar-refractivity contribution in [2.24, 2.45) is 0 Å². The Morgan fingerprint density at radius 1 is 1.19 bits per heavy atom. The molecule has 1 aliphatic rings. The first kappa shape index (κ1) is 22.2. The van der Waals surface area contributed by atoms with Crippen LogP contribution in [0, 0.1) is 5.82 Å². The van der Waals surface area contributed by atoms with Gasteiger partial charge < -0.3 is 4.74 Å². The summed E-state index contributed by atoms with van der Waals surface area (Å²) in [6, 6.07) is 11.5. The number of carbonyl (C=O) groups excluding carboxylic acids is 1. The van der Waals surface area contributed by atoms with E-state index in [9.17, 15) is 17.6 Å². The quantitative estimate of drug-likeness (QED) is 0.565. The first-order chi connectivity index (χ1) is 15.3. The fourth-order valence-corrected chi connectivity index (χ4v) is 5.47. The summed E-state index contributed by atoms with van der Waals surface area (Å²) in [6.45, 7) is 1.01. The number of hydrogen-bond acceptors (Lipinski definition) is 6. The summed E-state index contributed by atoms with van der Waals surface area (Å²) in [7, 11) is -2.05. The molecule has 2 amide bonds. The monoisotopic (exact) mass is 476 g/mol. The zero-order valence-electron chi connectivity index (χ0n) is 17.2. The number of ether oxygens (including phenoxy) is 1. The van der Waals surface area contributed by atoms with Crippen LogP contribution in [-0.2, 0) is 10.0 Å². The Balaban J connectivity index is 1.44. The van der Waals surface area contributed by atoms with Gasteiger partial charge in [-0.1, -0.05) is 23.5 Å². The normalized spacial score (nSPS) is 14.3. The first-order valence-electron chi connectivity index (χ1n) is 9.87. The highest BCUT2D eigenvalue weighted by molar-refractivity contribution is 7.89. The van der Waals surface area contributed by atoms with E-state index in [-0.39, 0.29) is 10.0 Å². The summed E-state index contributed by atoms with van der Waals surface area (Å²) >= 11 is 1.08. The smallest absolute Gasteiger partial charge is 0.327 e. The Kier molecular flexibility index (Phi) is 6.40. The van der Waals surface area contributed by atoms with Gasteiger partial charge in [-0.25, -0.2) is 22.6 Å². The molecule has 1 saturated heterocycles. The standard InChI is InChI=1S/C21H21FN4O4S2/c1-25(16-7-5-9-18(13-16)32(28,29)26-10-2-3-11-26)21(27)24-20-23-14-19(31-20)30-17-8-4-6-15(22)12-17/h4-9,12-14H,2-3,10-11H2,1H3,(H,23,24,27). The van der Waals surface area contributed by atoms with Gasteiger partial charge in [-0.2, -0.15) is 4.31 Å². The van der Waals surface area contributed by atoms with Gasteiger partial charge in [0, 0.05) is 31.9 Å². The largest absolute Gasteiger partial charge is 0.445 e. The minimum Gasteiger partial charge on any atom is -0.445 e. The molecule has 1 aliphatic heterocycles. The molecule has 0 radical (unpaired) electrons. The fraction of sp³-hybridized carbons (Fsp3) is 0.238. The highest BCUT2D eigenvalue weighted by Gasteiger charge is 2.27. The Bertz CT molecular complexity index is 1230. The highest BCUT2D eigenvalue weighted by Crippen LogP contribution is 2.31. The van der Waals surface area contributed by atoms with Crippen LogP contribution in [0.3, 0.4) is 0 Å². The van der Waals surface area contributed by atoms with E-state index in [0.717, 1.165) is 24.2 Å². The van der Waals surface area contributed by atoms with Crippen molar-refractivity contribution in [2.75, 3.05) is 30.4 Å². The van der Waals surface area contributed by atoms with E-state index in [1.165, 1.54) is 52.8 Å². The Morgan fingerprint density at radius 3 is 2.69 bits per heavy atom. The number of anilines is 2. The van der Waals surface area contributed by atoms with Crippen LogP contribution < -0.4 is 15.0 Å². The van der Waals surface area contributed by atoms with Crippen molar-refractivity contribution in [1.82, 2.24) is 9.29 Å². The Hall–Kier alpha value is -3.02. The Labute approximate surface area is 189 Å². The van der Waals surface area contributed by atoms with Crippen molar-refractivity contribution in [3.05, 3.63) is 60.5 Å². The molecular weight excluding hydrogens is 455 g/mol. The van der Waals surface area contributed by atoms with Crippen molar-refractivity contribution in [3.8, 4) is 10.8 Å². The lowest BCUT2D eigenvalue weighted by molar-refractivity contribution is 0.258. The molecule has 1 aromatic heterocycles. The van der Waals surface area contributed by atoms with Crippen LogP contribution in [-0.4, -0.2) is 43.9 Å². The average Bonchev–Trinajstić information content (AvgIpc) is 3.46. The third-order valence-electron chi connectivity index (χ3n) is 4.93. The van der Waals surface area contributed by atoms with Gasteiger partial charge in [0.1, 0.15) is 11.6 Å². The van der Waals surface area contributed by atoms with Crippen LogP contribution in [0.2, 0.25) is 0 Å². The molecule has 0 spiro atoms. The minimum absolute atomic E-state index is 0.150. The van der Waals surface area contributed by atoms with Crippen LogP contribution in [0.4, 0.5) is 20.0 Å². The molecule has 3 aromatic rings. The van der Waals surface area contributed by atoms with E-state index < -0.39 is 21.9 Å². The van der Waals surface area contributed by atoms with E-state index in [4.69, 9.17) is 4.74 Å². The van der Waals surface area contributed by atoms with Crippen molar-refractivity contribution >= 4 is 38.2 Å². The molecule has 0 aliphatic carbocycles. The summed E-state index contributed by atoms with van der Waals surface area (Å²) in [6.07, 6.45) is 3.12. The van der Waals surface area contributed by atoms with E-state index in [1.807, 2.05) is 0 Å². The number of carbonyl (C=O) groups is 1. The molecule has 4 rings (SSSR count). The molecule has 168 valence electrons. The van der Waals surface area contributed by atoms with E-state index in [2.05, 4.69) is 10.3 Å². The van der Waals surface area contributed by atoms with Gasteiger partial charge in [0.25, 0.3) is 0 Å². The SMILES string of the molecule is CN(C(=O)Nc1ncc(Oc2cccc(F)c2)s1)c1cccc(S(=O)(=O)N2CCCC2)c1. The zero-order valence-corrected chi connectivity index (χ0v) is 18.8. The summed E-state index contributed by atoms with van der Waals surface area (Å²) in [5, 5.41) is 3.32. The van der Waals surface area contributed by atoms with Crippen LogP contribution in [0.1, 0.15) is 12.8 Å². The molecule has 1 N–H and O–H groups in total. The number of nitrogens with one attached hydrogen (secondary N) is 1. The average molecular weight is 477 g/mol. The summed E-state index contributed by atoms with van der Waals surface area (Å²) in [5.74, 6) is -0.101. The van der Waals surface area contributed by atoms with Crippen molar-refractivity contribution < 1.29 is 22.3 Å². The first-order valence-corrected chi connectivity index (χ1v) is 12.1. The molecule has 32 heavy (non-hydrogen) atoms. The third-order valence-corrected chi connectivity index (χ3v) is 7.61. The number of halogens is 1. The lowest BCUT2D eigenvalue weighted by atomic mass is 10.3. The van der Waals surface area contributed by atoms with Gasteiger partial charge in [0.05, 0.1) is 11.1 Å². The molecule has 0 unspecified atom stereocenters. The number of sulfonamides is 1. The number of rotatable bonds is 6. The number of amides is 2. The molecule has 1 fully saturated rings. The van der Waals surface area contributed by atoms with Gasteiger partial charge in [0.15, 0.2) is 5.13 Å². The number of urea groups is 1. The molecular formula is C21H21FN4O4S2. The summed E-state index contributed by atoms with van der Waals surface area (Å²) in [4.78, 5) is 18.2. The molecule has 11 heteroatoms. The van der Waals surface area contributed by atoms with E-state index in [0.29, 0.717) is 29.6 Å². The van der Waals surface area contributed by atoms with Gasteiger partial charge >= 0.3 is 6.03 Å². The summed E-state index contributed by atoms with van der Waals surface area (Å²) < 4.78 is 45.9. The predicted octanol–water partition coefficient (Wildman–Crippen LogP) is 4.53. The zero-order chi connectivity index (χ0) is 22.7. The number of aromatic nitrogens is 1. The lowest BCUT2D eigenvalue weighted by Gasteiger charge is -2.20. The fourth-order valence-electron chi connectivity index (χ4n) is 3.23. The third kappa shape index (κ3) is 4.90. The molecule has 8 nitrogen and oxygen atoms in total. The van der Waals surface area contributed by atoms with Crippen LogP contribution >= 0.6 is 11.3 Å². The number of nitrogens with zero attached hydrogens (tertiary/aromatic N) is 3. The Morgan fingerprint density at radius 2 is 1.94 bits per heavy atom. The molecule has 2 aromatic carbocycles. The van der Waals surface area contributed by atoms with Crippen LogP contribution in [0.5, 0.6) is 10.8 Å². The van der Waals surface area contributed by atoms with Gasteiger partial charge in [-0.3, -0.25) is 10.2 Å². The molecule has 0 saturated carbocycles. The lowest BCUT2D eigenvalue weighted by Crippen LogP contribution is -2.32. The predicted molar refractivity (Wildman–Crippen MR) is 120 cm³/mol. The second-order valence-corrected chi connectivity index (χ2v) is 10.1. The van der Waals surface area contributed by atoms with Crippen molar-refractivity contribution in [2.45, 2.75) is 17.7 Å². The van der Waals surface area contributed by atoms with Crippen molar-refractivity contribution in [1.29, 1.82) is 0 Å². The number of hydrogen-bond donors (Lipinski definition) is 1. The minimum atomic E-state index is -3.59. The van der Waals surface area contributed by atoms with Gasteiger partial charge in [-0.15, -0.1) is 0 Å². The van der Waals surface area contributed by atoms with Gasteiger partial charge in [0.2, 0.25) is 15.1 Å². The molecule has 0 bridgehead atoms. The molecule has 2 heterocycles. The van der Waals surface area contributed by atoms with Gasteiger partial charge in [-0.05, 0) is 43.2 Å². The second kappa shape index (κ2) is 9.23. The maximum absolute atomic E-state index is 13.3. The maximum atomic E-state index is 13.3. The summed E-state index contributed by atoms with van der Waals surface area (Å²) in [5.41, 5.74) is 0.426. The van der Waals surface area contributed by atoms with Crippen LogP contribution in [0.25, 0.3) is 0 Å². The topological polar surface area (TPSA) is 91.8 Å².